The maximum Gasteiger partial charge on any atom is 0.183 e. The predicted molar refractivity (Wildman–Crippen MR) is 332 cm³/mol. The molecule has 0 bridgehead atoms. The standard InChI is InChI=1S/C75H75NSi/c1-3-5-7-9-11-20-50-75(51-21-12-10-8-6-4-2)69-30-18-16-27-68(69)73-65(28-22-31-70(73)75)58-40-46-62(47-41-58)76(61-44-38-55(39-45-61)54-24-14-13-15-25-54)71-32-23-29-67-66-26-17-19-33-72(66)77(74(67)71,63-48-42-56-34-36-59(56)52-63)64-49-43-57-35-37-60(57)53-64/h13-19,22-33,38-49,52-53H,3-12,20-21,34-37,50-51H2,1-2H3. The van der Waals surface area contributed by atoms with Gasteiger partial charge in [0.1, 0.15) is 0 Å². The van der Waals surface area contributed by atoms with Gasteiger partial charge >= 0.3 is 0 Å². The van der Waals surface area contributed by atoms with Crippen molar-refractivity contribution in [2.75, 3.05) is 4.90 Å². The summed E-state index contributed by atoms with van der Waals surface area (Å²) >= 11 is 0. The first kappa shape index (κ1) is 49.6. The molecule has 4 aliphatic rings. The van der Waals surface area contributed by atoms with Crippen LogP contribution in [0.15, 0.2) is 200 Å². The Labute approximate surface area is 461 Å². The predicted octanol–water partition coefficient (Wildman–Crippen LogP) is 17.8. The maximum absolute atomic E-state index is 2.91. The van der Waals surface area contributed by atoms with Crippen molar-refractivity contribution in [2.45, 2.75) is 135 Å². The highest BCUT2D eigenvalue weighted by molar-refractivity contribution is 7.22. The van der Waals surface area contributed by atoms with Crippen LogP contribution in [0.3, 0.4) is 0 Å². The van der Waals surface area contributed by atoms with Crippen LogP contribution in [0, 0.1) is 0 Å². The molecule has 384 valence electrons. The number of hydrogen-bond acceptors (Lipinski definition) is 1. The van der Waals surface area contributed by atoms with Crippen molar-refractivity contribution in [2.24, 2.45) is 0 Å². The van der Waals surface area contributed by atoms with Crippen molar-refractivity contribution < 1.29 is 0 Å². The van der Waals surface area contributed by atoms with Gasteiger partial charge in [0.15, 0.2) is 8.07 Å². The van der Waals surface area contributed by atoms with Crippen LogP contribution in [0.25, 0.3) is 44.5 Å². The van der Waals surface area contributed by atoms with Crippen molar-refractivity contribution in [3.05, 3.63) is 234 Å². The number of anilines is 3. The van der Waals surface area contributed by atoms with Crippen molar-refractivity contribution in [3.8, 4) is 44.5 Å². The first-order valence-electron chi connectivity index (χ1n) is 29.9. The van der Waals surface area contributed by atoms with E-state index < -0.39 is 8.07 Å². The quantitative estimate of drug-likeness (QED) is 0.0512. The Bertz CT molecular complexity index is 3490. The molecule has 0 radical (unpaired) electrons. The summed E-state index contributed by atoms with van der Waals surface area (Å²) in [7, 11) is -2.91. The lowest BCUT2D eigenvalue weighted by molar-refractivity contribution is 0.398. The van der Waals surface area contributed by atoms with E-state index in [9.17, 15) is 0 Å². The lowest BCUT2D eigenvalue weighted by Gasteiger charge is -2.38. The van der Waals surface area contributed by atoms with Gasteiger partial charge in [0, 0.05) is 22.5 Å². The molecule has 9 aromatic carbocycles. The molecule has 0 saturated heterocycles. The third-order valence-corrected chi connectivity index (χ3v) is 23.6. The molecular weight excluding hydrogens is 943 g/mol. The summed E-state index contributed by atoms with van der Waals surface area (Å²) in [4.78, 5) is 2.62. The highest BCUT2D eigenvalue weighted by Gasteiger charge is 2.52. The van der Waals surface area contributed by atoms with E-state index in [0.29, 0.717) is 0 Å². The van der Waals surface area contributed by atoms with E-state index in [4.69, 9.17) is 0 Å². The van der Waals surface area contributed by atoms with Gasteiger partial charge in [-0.15, -0.1) is 0 Å². The van der Waals surface area contributed by atoms with E-state index >= 15 is 0 Å². The minimum Gasteiger partial charge on any atom is -0.311 e. The van der Waals surface area contributed by atoms with Crippen LogP contribution in [0.2, 0.25) is 0 Å². The SMILES string of the molecule is CCCCCCCCC1(CCCCCCCC)c2ccccc2-c2c(-c3ccc(N(c4ccc(-c5ccccc5)cc4)c4cccc5c4[Si](c4ccc6c(c4)CC6)(c4ccc6c(c4)CC6)c4ccccc4-5)cc3)cccc21. The molecule has 0 amide bonds. The zero-order valence-corrected chi connectivity index (χ0v) is 46.7. The van der Waals surface area contributed by atoms with E-state index in [-0.39, 0.29) is 5.41 Å². The van der Waals surface area contributed by atoms with Crippen molar-refractivity contribution in [3.63, 3.8) is 0 Å². The third-order valence-electron chi connectivity index (χ3n) is 18.8. The van der Waals surface area contributed by atoms with Crippen LogP contribution in [0.1, 0.15) is 137 Å². The molecule has 2 heteroatoms. The normalized spacial score (nSPS) is 14.6. The molecule has 0 saturated carbocycles. The average molecular weight is 1020 g/mol. The van der Waals surface area contributed by atoms with Crippen molar-refractivity contribution in [1.29, 1.82) is 0 Å². The summed E-state index contributed by atoms with van der Waals surface area (Å²) in [5, 5.41) is 6.02. The van der Waals surface area contributed by atoms with Crippen LogP contribution < -0.4 is 25.6 Å². The first-order chi connectivity index (χ1) is 38.1. The summed E-state index contributed by atoms with van der Waals surface area (Å²) in [6.45, 7) is 4.66. The molecule has 0 fully saturated rings. The Morgan fingerprint density at radius 1 is 0.377 bits per heavy atom. The smallest absolute Gasteiger partial charge is 0.183 e. The molecule has 1 nitrogen and oxygen atoms in total. The number of hydrogen-bond donors (Lipinski definition) is 0. The van der Waals surface area contributed by atoms with Gasteiger partial charge < -0.3 is 4.90 Å². The number of nitrogens with zero attached hydrogens (tertiary/aromatic N) is 1. The zero-order chi connectivity index (χ0) is 51.8. The second-order valence-corrected chi connectivity index (χ2v) is 26.8. The summed E-state index contributed by atoms with van der Waals surface area (Å²) < 4.78 is 0. The summed E-state index contributed by atoms with van der Waals surface area (Å²) in [6.07, 6.45) is 23.1. The monoisotopic (exact) mass is 1020 g/mol. The Kier molecular flexibility index (Phi) is 13.8. The van der Waals surface area contributed by atoms with Gasteiger partial charge in [-0.05, 0) is 167 Å². The van der Waals surface area contributed by atoms with Crippen LogP contribution in [0.4, 0.5) is 17.1 Å². The molecule has 0 unspecified atom stereocenters. The lowest BCUT2D eigenvalue weighted by Crippen LogP contribution is -2.73. The van der Waals surface area contributed by atoms with Gasteiger partial charge in [0.2, 0.25) is 0 Å². The summed E-state index contributed by atoms with van der Waals surface area (Å²) in [6, 6.07) is 78.8. The van der Waals surface area contributed by atoms with Gasteiger partial charge in [-0.3, -0.25) is 0 Å². The minimum atomic E-state index is -2.91. The van der Waals surface area contributed by atoms with Crippen LogP contribution in [-0.4, -0.2) is 8.07 Å². The third kappa shape index (κ3) is 8.67. The molecule has 0 N–H and O–H groups in total. The van der Waals surface area contributed by atoms with E-state index in [1.807, 2.05) is 0 Å². The molecule has 1 heterocycles. The van der Waals surface area contributed by atoms with Gasteiger partial charge in [-0.2, -0.15) is 0 Å². The molecule has 0 spiro atoms. The second-order valence-electron chi connectivity index (χ2n) is 23.1. The Morgan fingerprint density at radius 3 is 1.48 bits per heavy atom. The fourth-order valence-electron chi connectivity index (χ4n) is 14.6. The van der Waals surface area contributed by atoms with Crippen LogP contribution in [-0.2, 0) is 31.1 Å². The number of unbranched alkanes of at least 4 members (excludes halogenated alkanes) is 10. The Balaban J connectivity index is 0.959. The van der Waals surface area contributed by atoms with E-state index in [1.165, 1.54) is 207 Å². The molecule has 0 atom stereocenters. The zero-order valence-electron chi connectivity index (χ0n) is 45.7. The molecule has 0 aromatic heterocycles. The molecule has 13 rings (SSSR count). The minimum absolute atomic E-state index is 0.0428. The highest BCUT2D eigenvalue weighted by Crippen LogP contribution is 2.57. The van der Waals surface area contributed by atoms with Gasteiger partial charge in [-0.25, -0.2) is 0 Å². The van der Waals surface area contributed by atoms with Gasteiger partial charge in [0.25, 0.3) is 0 Å². The topological polar surface area (TPSA) is 3.24 Å². The molecule has 9 aromatic rings. The molecule has 1 aliphatic heterocycles. The average Bonchev–Trinajstić information content (AvgIpc) is 4.09. The second kappa shape index (κ2) is 21.4. The lowest BCUT2D eigenvalue weighted by atomic mass is 9.70. The largest absolute Gasteiger partial charge is 0.311 e. The highest BCUT2D eigenvalue weighted by atomic mass is 28.3. The number of aryl methyl sites for hydroxylation is 4. The van der Waals surface area contributed by atoms with Gasteiger partial charge in [-0.1, -0.05) is 261 Å². The Morgan fingerprint density at radius 2 is 0.870 bits per heavy atom. The van der Waals surface area contributed by atoms with E-state index in [1.54, 1.807) is 11.1 Å². The summed E-state index contributed by atoms with van der Waals surface area (Å²) in [5.41, 5.74) is 23.7. The fourth-order valence-corrected chi connectivity index (χ4v) is 20.0. The summed E-state index contributed by atoms with van der Waals surface area (Å²) in [5.74, 6) is 0. The maximum atomic E-state index is 2.63. The van der Waals surface area contributed by atoms with Crippen LogP contribution >= 0.6 is 0 Å². The van der Waals surface area contributed by atoms with Gasteiger partial charge in [0.05, 0.1) is 0 Å². The molecule has 3 aliphatic carbocycles. The Hall–Kier alpha value is -7.00. The molecular formula is C75H75NSi. The van der Waals surface area contributed by atoms with Crippen molar-refractivity contribution >= 4 is 45.9 Å². The van der Waals surface area contributed by atoms with E-state index in [0.717, 1.165) is 12.8 Å². The van der Waals surface area contributed by atoms with E-state index in [2.05, 4.69) is 219 Å². The van der Waals surface area contributed by atoms with Crippen molar-refractivity contribution in [1.82, 2.24) is 0 Å². The first-order valence-corrected chi connectivity index (χ1v) is 31.9. The number of fused-ring (bicyclic) bond motifs is 8. The molecule has 77 heavy (non-hydrogen) atoms. The number of benzene rings is 9. The number of rotatable bonds is 21. The van der Waals surface area contributed by atoms with Crippen LogP contribution in [0.5, 0.6) is 0 Å². The fraction of sp³-hybridized carbons (Fsp3) is 0.280.